The van der Waals surface area contributed by atoms with Crippen LogP contribution in [0.3, 0.4) is 0 Å². The molecule has 1 amide bonds. The lowest BCUT2D eigenvalue weighted by atomic mass is 10.0. The number of halogens is 1. The average molecular weight is 183 g/mol. The van der Waals surface area contributed by atoms with Crippen LogP contribution in [0.5, 0.6) is 5.75 Å². The number of hydrogen-bond donors (Lipinski definition) is 2. The van der Waals surface area contributed by atoms with E-state index in [1.807, 2.05) is 0 Å². The molecule has 1 aromatic rings. The van der Waals surface area contributed by atoms with Crippen LogP contribution in [-0.4, -0.2) is 11.0 Å². The molecule has 1 aromatic carbocycles. The van der Waals surface area contributed by atoms with Gasteiger partial charge in [0.05, 0.1) is 5.92 Å². The van der Waals surface area contributed by atoms with Gasteiger partial charge in [-0.2, -0.15) is 0 Å². The third-order valence-electron chi connectivity index (χ3n) is 1.90. The number of aromatic hydroxyl groups is 1. The summed E-state index contributed by atoms with van der Waals surface area (Å²) in [6.07, 6.45) is 0. The van der Waals surface area contributed by atoms with Gasteiger partial charge in [-0.15, -0.1) is 0 Å². The lowest BCUT2D eigenvalue weighted by molar-refractivity contribution is -0.119. The number of phenols is 1. The maximum atomic E-state index is 12.8. The molecule has 0 fully saturated rings. The van der Waals surface area contributed by atoms with Gasteiger partial charge in [0, 0.05) is 0 Å². The third kappa shape index (κ3) is 1.96. The van der Waals surface area contributed by atoms with Gasteiger partial charge in [0.15, 0.2) is 11.6 Å². The van der Waals surface area contributed by atoms with Gasteiger partial charge < -0.3 is 10.8 Å². The maximum absolute atomic E-state index is 12.8. The molecule has 70 valence electrons. The first-order valence-electron chi connectivity index (χ1n) is 3.80. The van der Waals surface area contributed by atoms with Crippen LogP contribution in [0.1, 0.15) is 18.4 Å². The van der Waals surface area contributed by atoms with Gasteiger partial charge >= 0.3 is 0 Å². The van der Waals surface area contributed by atoms with Crippen LogP contribution < -0.4 is 5.73 Å². The van der Waals surface area contributed by atoms with Gasteiger partial charge in [-0.25, -0.2) is 4.39 Å². The van der Waals surface area contributed by atoms with E-state index < -0.39 is 23.4 Å². The molecule has 0 saturated carbocycles. The van der Waals surface area contributed by atoms with Gasteiger partial charge in [0.2, 0.25) is 5.91 Å². The number of rotatable bonds is 2. The highest BCUT2D eigenvalue weighted by atomic mass is 19.1. The van der Waals surface area contributed by atoms with Crippen molar-refractivity contribution in [2.75, 3.05) is 0 Å². The predicted octanol–water partition coefficient (Wildman–Crippen LogP) is 1.12. The van der Waals surface area contributed by atoms with Crippen molar-refractivity contribution in [3.8, 4) is 5.75 Å². The minimum absolute atomic E-state index is 0.430. The predicted molar refractivity (Wildman–Crippen MR) is 45.7 cm³/mol. The number of carbonyl (C=O) groups excluding carboxylic acids is 1. The summed E-state index contributed by atoms with van der Waals surface area (Å²) in [6.45, 7) is 1.58. The van der Waals surface area contributed by atoms with Crippen molar-refractivity contribution in [3.63, 3.8) is 0 Å². The lowest BCUT2D eigenvalue weighted by Crippen LogP contribution is -2.18. The number of benzene rings is 1. The molecule has 0 aliphatic rings. The molecule has 1 unspecified atom stereocenters. The molecule has 0 heterocycles. The fourth-order valence-electron chi connectivity index (χ4n) is 0.957. The molecule has 0 aliphatic carbocycles. The van der Waals surface area contributed by atoms with Gasteiger partial charge in [0.1, 0.15) is 0 Å². The molecule has 3 N–H and O–H groups in total. The Morgan fingerprint density at radius 1 is 1.62 bits per heavy atom. The first-order chi connectivity index (χ1) is 6.02. The van der Waals surface area contributed by atoms with Crippen molar-refractivity contribution in [2.24, 2.45) is 5.73 Å². The highest BCUT2D eigenvalue weighted by Gasteiger charge is 2.13. The topological polar surface area (TPSA) is 63.3 Å². The van der Waals surface area contributed by atoms with Crippen molar-refractivity contribution >= 4 is 5.91 Å². The van der Waals surface area contributed by atoms with Crippen LogP contribution in [0.15, 0.2) is 18.2 Å². The van der Waals surface area contributed by atoms with E-state index in [0.717, 1.165) is 6.07 Å². The fraction of sp³-hybridized carbons (Fsp3) is 0.222. The molecule has 0 aromatic heterocycles. The SMILES string of the molecule is CC(C(N)=O)c1ccc(O)c(F)c1. The van der Waals surface area contributed by atoms with Crippen molar-refractivity contribution in [3.05, 3.63) is 29.6 Å². The summed E-state index contributed by atoms with van der Waals surface area (Å²) < 4.78 is 12.8. The summed E-state index contributed by atoms with van der Waals surface area (Å²) in [5.74, 6) is -2.24. The fourth-order valence-corrected chi connectivity index (χ4v) is 0.957. The number of primary amides is 1. The summed E-state index contributed by atoms with van der Waals surface area (Å²) in [7, 11) is 0. The molecule has 4 heteroatoms. The molecule has 0 aliphatic heterocycles. The second-order valence-corrected chi connectivity index (χ2v) is 2.83. The monoisotopic (exact) mass is 183 g/mol. The normalized spacial score (nSPS) is 12.5. The summed E-state index contributed by atoms with van der Waals surface area (Å²) in [5, 5.41) is 8.87. The molecule has 0 spiro atoms. The Balaban J connectivity index is 3.03. The van der Waals surface area contributed by atoms with Gasteiger partial charge in [-0.05, 0) is 24.6 Å². The molecular formula is C9H10FNO2. The van der Waals surface area contributed by atoms with Gasteiger partial charge in [0.25, 0.3) is 0 Å². The van der Waals surface area contributed by atoms with E-state index in [-0.39, 0.29) is 0 Å². The molecule has 1 rings (SSSR count). The molecule has 0 bridgehead atoms. The van der Waals surface area contributed by atoms with Crippen LogP contribution in [0.4, 0.5) is 4.39 Å². The molecule has 0 saturated heterocycles. The van der Waals surface area contributed by atoms with E-state index in [2.05, 4.69) is 0 Å². The van der Waals surface area contributed by atoms with E-state index in [1.54, 1.807) is 6.92 Å². The number of phenolic OH excluding ortho intramolecular Hbond substituents is 1. The Morgan fingerprint density at radius 3 is 2.69 bits per heavy atom. The standard InChI is InChI=1S/C9H10FNO2/c1-5(9(11)13)6-2-3-8(12)7(10)4-6/h2-5,12H,1H3,(H2,11,13). The lowest BCUT2D eigenvalue weighted by Gasteiger charge is -2.07. The van der Waals surface area contributed by atoms with E-state index in [1.165, 1.54) is 12.1 Å². The number of hydrogen-bond acceptors (Lipinski definition) is 2. The summed E-state index contributed by atoms with van der Waals surface area (Å²) >= 11 is 0. The number of carbonyl (C=O) groups is 1. The minimum atomic E-state index is -0.745. The zero-order valence-corrected chi connectivity index (χ0v) is 7.12. The quantitative estimate of drug-likeness (QED) is 0.721. The summed E-state index contributed by atoms with van der Waals surface area (Å²) in [5.41, 5.74) is 5.49. The minimum Gasteiger partial charge on any atom is -0.505 e. The third-order valence-corrected chi connectivity index (χ3v) is 1.90. The molecular weight excluding hydrogens is 173 g/mol. The Hall–Kier alpha value is -1.58. The molecule has 1 atom stereocenters. The van der Waals surface area contributed by atoms with E-state index in [9.17, 15) is 9.18 Å². The Kier molecular flexibility index (Phi) is 2.51. The number of nitrogens with two attached hydrogens (primary N) is 1. The Bertz CT molecular complexity index is 338. The van der Waals surface area contributed by atoms with Crippen LogP contribution >= 0.6 is 0 Å². The molecule has 0 radical (unpaired) electrons. The highest BCUT2D eigenvalue weighted by molar-refractivity contribution is 5.81. The highest BCUT2D eigenvalue weighted by Crippen LogP contribution is 2.21. The second-order valence-electron chi connectivity index (χ2n) is 2.83. The average Bonchev–Trinajstić information content (AvgIpc) is 2.08. The van der Waals surface area contributed by atoms with Crippen molar-refractivity contribution in [2.45, 2.75) is 12.8 Å². The Labute approximate surface area is 75.0 Å². The van der Waals surface area contributed by atoms with Crippen LogP contribution in [0, 0.1) is 5.82 Å². The van der Waals surface area contributed by atoms with E-state index in [0.29, 0.717) is 5.56 Å². The van der Waals surface area contributed by atoms with Crippen molar-refractivity contribution < 1.29 is 14.3 Å². The van der Waals surface area contributed by atoms with Crippen molar-refractivity contribution in [1.29, 1.82) is 0 Å². The second kappa shape index (κ2) is 3.43. The van der Waals surface area contributed by atoms with Crippen molar-refractivity contribution in [1.82, 2.24) is 0 Å². The van der Waals surface area contributed by atoms with E-state index >= 15 is 0 Å². The first-order valence-corrected chi connectivity index (χ1v) is 3.80. The number of amides is 1. The molecule has 3 nitrogen and oxygen atoms in total. The van der Waals surface area contributed by atoms with E-state index in [4.69, 9.17) is 10.8 Å². The first kappa shape index (κ1) is 9.51. The molecule has 13 heavy (non-hydrogen) atoms. The van der Waals surface area contributed by atoms with Crippen LogP contribution in [0.2, 0.25) is 0 Å². The zero-order chi connectivity index (χ0) is 10.0. The van der Waals surface area contributed by atoms with Crippen LogP contribution in [0.25, 0.3) is 0 Å². The Morgan fingerprint density at radius 2 is 2.23 bits per heavy atom. The largest absolute Gasteiger partial charge is 0.505 e. The zero-order valence-electron chi connectivity index (χ0n) is 7.12. The van der Waals surface area contributed by atoms with Gasteiger partial charge in [-0.1, -0.05) is 6.07 Å². The van der Waals surface area contributed by atoms with Gasteiger partial charge in [-0.3, -0.25) is 4.79 Å². The summed E-state index contributed by atoms with van der Waals surface area (Å²) in [6, 6.07) is 3.77. The summed E-state index contributed by atoms with van der Waals surface area (Å²) in [4.78, 5) is 10.7. The van der Waals surface area contributed by atoms with Crippen LogP contribution in [-0.2, 0) is 4.79 Å². The maximum Gasteiger partial charge on any atom is 0.224 e. The smallest absolute Gasteiger partial charge is 0.224 e.